The molecule has 2 aromatic rings. The maximum atomic E-state index is 13.9. The lowest BCUT2D eigenvalue weighted by atomic mass is 10.1. The number of anilines is 1. The van der Waals surface area contributed by atoms with Crippen LogP contribution in [0.2, 0.25) is 0 Å². The van der Waals surface area contributed by atoms with E-state index in [0.29, 0.717) is 23.6 Å². The van der Waals surface area contributed by atoms with Gasteiger partial charge in [0.05, 0.1) is 6.42 Å². The lowest BCUT2D eigenvalue weighted by molar-refractivity contribution is -0.136. The first kappa shape index (κ1) is 19.4. The Hall–Kier alpha value is -2.41. The van der Waals surface area contributed by atoms with Gasteiger partial charge in [-0.3, -0.25) is 9.59 Å². The van der Waals surface area contributed by atoms with Crippen LogP contribution in [0.25, 0.3) is 0 Å². The molecule has 7 heteroatoms. The predicted molar refractivity (Wildman–Crippen MR) is 101 cm³/mol. The highest BCUT2D eigenvalue weighted by Crippen LogP contribution is 2.49. The number of nitrogens with one attached hydrogen (secondary N) is 1. The maximum absolute atomic E-state index is 13.9. The molecule has 0 heterocycles. The standard InChI is InChI=1S/C20H19F2NO3S/c21-17-6-2-5-14(19(17)22)15-10-16(15)20(26)23-13-4-1-3-12(9-13)11-27-8-7-18(24)25/h1-6,9,15-16H,7-8,10-11H2,(H,23,26)(H,24,25). The number of hydrogen-bond acceptors (Lipinski definition) is 3. The molecule has 1 fully saturated rings. The van der Waals surface area contributed by atoms with Crippen molar-refractivity contribution in [3.8, 4) is 0 Å². The van der Waals surface area contributed by atoms with Crippen LogP contribution in [0.5, 0.6) is 0 Å². The summed E-state index contributed by atoms with van der Waals surface area (Å²) in [5.74, 6) is -2.29. The highest BCUT2D eigenvalue weighted by Gasteiger charge is 2.45. The van der Waals surface area contributed by atoms with E-state index in [2.05, 4.69) is 5.32 Å². The number of thioether (sulfide) groups is 1. The van der Waals surface area contributed by atoms with Crippen LogP contribution in [0.1, 0.15) is 29.9 Å². The number of carboxylic acids is 1. The zero-order chi connectivity index (χ0) is 19.4. The number of rotatable bonds is 8. The van der Waals surface area contributed by atoms with Crippen LogP contribution in [0, 0.1) is 17.6 Å². The van der Waals surface area contributed by atoms with Crippen molar-refractivity contribution in [2.45, 2.75) is 24.5 Å². The number of halogens is 2. The molecule has 4 nitrogen and oxygen atoms in total. The number of amides is 1. The van der Waals surface area contributed by atoms with Crippen LogP contribution < -0.4 is 5.32 Å². The minimum atomic E-state index is -0.897. The Morgan fingerprint density at radius 1 is 1.19 bits per heavy atom. The molecule has 0 aliphatic heterocycles. The van der Waals surface area contributed by atoms with Crippen LogP contribution in [-0.2, 0) is 15.3 Å². The van der Waals surface area contributed by atoms with E-state index in [-0.39, 0.29) is 29.7 Å². The summed E-state index contributed by atoms with van der Waals surface area (Å²) in [6.45, 7) is 0. The first-order valence-electron chi connectivity index (χ1n) is 8.59. The maximum Gasteiger partial charge on any atom is 0.304 e. The second kappa shape index (κ2) is 8.52. The molecule has 0 radical (unpaired) electrons. The quantitative estimate of drug-likeness (QED) is 0.654. The normalized spacial score (nSPS) is 18.1. The molecule has 2 atom stereocenters. The Labute approximate surface area is 160 Å². The predicted octanol–water partition coefficient (Wildman–Crippen LogP) is 4.41. The molecule has 1 amide bonds. The number of carboxylic acid groups (broad SMARTS) is 1. The Bertz CT molecular complexity index is 859. The minimum Gasteiger partial charge on any atom is -0.481 e. The van der Waals surface area contributed by atoms with E-state index in [1.54, 1.807) is 6.07 Å². The van der Waals surface area contributed by atoms with Crippen molar-refractivity contribution in [1.29, 1.82) is 0 Å². The molecule has 0 saturated heterocycles. The number of carbonyl (C=O) groups is 2. The Kier molecular flexibility index (Phi) is 6.11. The minimum absolute atomic E-state index is 0.112. The summed E-state index contributed by atoms with van der Waals surface area (Å²) in [6.07, 6.45) is 0.609. The summed E-state index contributed by atoms with van der Waals surface area (Å²) >= 11 is 1.51. The van der Waals surface area contributed by atoms with Crippen molar-refractivity contribution >= 4 is 29.3 Å². The summed E-state index contributed by atoms with van der Waals surface area (Å²) in [7, 11) is 0. The molecule has 142 valence electrons. The molecule has 0 bridgehead atoms. The summed E-state index contributed by atoms with van der Waals surface area (Å²) in [5, 5.41) is 11.5. The van der Waals surface area contributed by atoms with Gasteiger partial charge in [0.25, 0.3) is 0 Å². The van der Waals surface area contributed by atoms with Crippen molar-refractivity contribution in [2.75, 3.05) is 11.1 Å². The average Bonchev–Trinajstić information content (AvgIpc) is 3.42. The van der Waals surface area contributed by atoms with E-state index in [4.69, 9.17) is 5.11 Å². The van der Waals surface area contributed by atoms with E-state index >= 15 is 0 Å². The van der Waals surface area contributed by atoms with Gasteiger partial charge in [-0.2, -0.15) is 11.8 Å². The lowest BCUT2D eigenvalue weighted by Gasteiger charge is -2.08. The van der Waals surface area contributed by atoms with Gasteiger partial charge in [-0.15, -0.1) is 0 Å². The fourth-order valence-corrected chi connectivity index (χ4v) is 3.84. The van der Waals surface area contributed by atoms with Crippen LogP contribution in [0.4, 0.5) is 14.5 Å². The Morgan fingerprint density at radius 2 is 1.96 bits per heavy atom. The number of carbonyl (C=O) groups excluding carboxylic acids is 1. The van der Waals surface area contributed by atoms with Crippen molar-refractivity contribution in [1.82, 2.24) is 0 Å². The van der Waals surface area contributed by atoms with Crippen LogP contribution in [0.3, 0.4) is 0 Å². The highest BCUT2D eigenvalue weighted by molar-refractivity contribution is 7.98. The summed E-state index contributed by atoms with van der Waals surface area (Å²) < 4.78 is 27.2. The second-order valence-corrected chi connectivity index (χ2v) is 7.58. The van der Waals surface area contributed by atoms with Crippen molar-refractivity contribution in [2.24, 2.45) is 5.92 Å². The van der Waals surface area contributed by atoms with Crippen molar-refractivity contribution in [3.63, 3.8) is 0 Å². The van der Waals surface area contributed by atoms with Gasteiger partial charge in [0.15, 0.2) is 11.6 Å². The third-order valence-corrected chi connectivity index (χ3v) is 5.46. The molecule has 2 unspecified atom stereocenters. The van der Waals surface area contributed by atoms with Gasteiger partial charge in [-0.25, -0.2) is 8.78 Å². The smallest absolute Gasteiger partial charge is 0.304 e. The fourth-order valence-electron chi connectivity index (χ4n) is 2.96. The molecular formula is C20H19F2NO3S. The summed E-state index contributed by atoms with van der Waals surface area (Å²) in [4.78, 5) is 22.9. The number of benzene rings is 2. The third-order valence-electron chi connectivity index (χ3n) is 4.43. The molecule has 2 aromatic carbocycles. The largest absolute Gasteiger partial charge is 0.481 e. The van der Waals surface area contributed by atoms with Gasteiger partial charge in [-0.1, -0.05) is 24.3 Å². The third kappa shape index (κ3) is 5.07. The van der Waals surface area contributed by atoms with Gasteiger partial charge in [0.1, 0.15) is 0 Å². The average molecular weight is 391 g/mol. The van der Waals surface area contributed by atoms with Gasteiger partial charge in [0, 0.05) is 23.1 Å². The van der Waals surface area contributed by atoms with Gasteiger partial charge >= 0.3 is 5.97 Å². The molecule has 1 saturated carbocycles. The van der Waals surface area contributed by atoms with Crippen LogP contribution >= 0.6 is 11.8 Å². The monoisotopic (exact) mass is 391 g/mol. The first-order valence-corrected chi connectivity index (χ1v) is 9.74. The highest BCUT2D eigenvalue weighted by atomic mass is 32.2. The van der Waals surface area contributed by atoms with Gasteiger partial charge in [-0.05, 0) is 41.7 Å². The van der Waals surface area contributed by atoms with Gasteiger partial charge < -0.3 is 10.4 Å². The Balaban J connectivity index is 1.55. The lowest BCUT2D eigenvalue weighted by Crippen LogP contribution is -2.15. The Morgan fingerprint density at radius 3 is 2.74 bits per heavy atom. The SMILES string of the molecule is O=C(O)CCSCc1cccc(NC(=O)C2CC2c2cccc(F)c2F)c1. The molecule has 0 aromatic heterocycles. The van der Waals surface area contributed by atoms with E-state index < -0.39 is 17.6 Å². The van der Waals surface area contributed by atoms with Gasteiger partial charge in [0.2, 0.25) is 5.91 Å². The zero-order valence-corrected chi connectivity index (χ0v) is 15.3. The number of aliphatic carboxylic acids is 1. The molecule has 1 aliphatic rings. The zero-order valence-electron chi connectivity index (χ0n) is 14.5. The van der Waals surface area contributed by atoms with Crippen molar-refractivity contribution < 1.29 is 23.5 Å². The first-order chi connectivity index (χ1) is 13.0. The van der Waals surface area contributed by atoms with Crippen LogP contribution in [-0.4, -0.2) is 22.7 Å². The van der Waals surface area contributed by atoms with E-state index in [9.17, 15) is 18.4 Å². The van der Waals surface area contributed by atoms with Crippen molar-refractivity contribution in [3.05, 3.63) is 65.2 Å². The fraction of sp³-hybridized carbons (Fsp3) is 0.300. The van der Waals surface area contributed by atoms with E-state index in [0.717, 1.165) is 11.6 Å². The second-order valence-electron chi connectivity index (χ2n) is 6.48. The van der Waals surface area contributed by atoms with Crippen LogP contribution in [0.15, 0.2) is 42.5 Å². The molecule has 27 heavy (non-hydrogen) atoms. The molecule has 2 N–H and O–H groups in total. The molecule has 3 rings (SSSR count). The van der Waals surface area contributed by atoms with E-state index in [1.807, 2.05) is 18.2 Å². The molecule has 0 spiro atoms. The number of hydrogen-bond donors (Lipinski definition) is 2. The topological polar surface area (TPSA) is 66.4 Å². The summed E-state index contributed by atoms with van der Waals surface area (Å²) in [6, 6.07) is 11.4. The molecular weight excluding hydrogens is 372 g/mol. The molecule has 1 aliphatic carbocycles. The van der Waals surface area contributed by atoms with E-state index in [1.165, 1.54) is 23.9 Å². The summed E-state index contributed by atoms with van der Waals surface area (Å²) in [5.41, 5.74) is 1.87.